The monoisotopic (exact) mass is 550 g/mol. The lowest BCUT2D eigenvalue weighted by atomic mass is 9.71. The topological polar surface area (TPSA) is 99.2 Å². The number of amidine groups is 1. The maximum absolute atomic E-state index is 14.2. The second-order valence-electron chi connectivity index (χ2n) is 10.6. The van der Waals surface area contributed by atoms with E-state index in [2.05, 4.69) is 11.4 Å². The van der Waals surface area contributed by atoms with Gasteiger partial charge < -0.3 is 5.32 Å². The molecule has 8 nitrogen and oxygen atoms in total. The third kappa shape index (κ3) is 3.55. The number of aliphatic imine (C=N–C) groups is 1. The molecule has 0 bridgehead atoms. The van der Waals surface area contributed by atoms with Crippen molar-refractivity contribution in [3.8, 4) is 0 Å². The lowest BCUT2D eigenvalue weighted by Gasteiger charge is -2.52. The van der Waals surface area contributed by atoms with Gasteiger partial charge in [-0.3, -0.25) is 19.6 Å². The number of allylic oxidation sites excluding steroid dienone is 1. The minimum absolute atomic E-state index is 0.0439. The minimum atomic E-state index is -3.37. The molecule has 3 aliphatic heterocycles. The molecule has 4 aliphatic rings. The number of rotatable bonds is 3. The van der Waals surface area contributed by atoms with Crippen LogP contribution in [0.25, 0.3) is 0 Å². The van der Waals surface area contributed by atoms with E-state index in [4.69, 9.17) is 16.6 Å². The average molecular weight is 551 g/mol. The number of hydrogen-bond donors (Lipinski definition) is 1. The number of halogens is 1. The molecule has 4 atom stereocenters. The molecule has 38 heavy (non-hydrogen) atoms. The van der Waals surface area contributed by atoms with Gasteiger partial charge in [0.15, 0.2) is 9.84 Å². The molecule has 1 saturated heterocycles. The Morgan fingerprint density at radius 2 is 1.68 bits per heavy atom. The van der Waals surface area contributed by atoms with Crippen LogP contribution in [-0.4, -0.2) is 48.8 Å². The number of hydrogen-bond acceptors (Lipinski definition) is 5. The van der Waals surface area contributed by atoms with Crippen LogP contribution in [0.5, 0.6) is 0 Å². The molecule has 10 heteroatoms. The highest BCUT2D eigenvalue weighted by Crippen LogP contribution is 2.55. The Labute approximate surface area is 226 Å². The molecule has 0 radical (unpaired) electrons. The summed E-state index contributed by atoms with van der Waals surface area (Å²) in [6, 6.07) is 12.6. The first-order chi connectivity index (χ1) is 17.9. The number of carbonyl (C=O) groups is 2. The highest BCUT2D eigenvalue weighted by molar-refractivity contribution is 7.90. The first-order valence-electron chi connectivity index (χ1n) is 12.4. The number of fused-ring (bicyclic) bond motifs is 2. The summed E-state index contributed by atoms with van der Waals surface area (Å²) in [5, 5.41) is 3.60. The molecule has 1 aliphatic carbocycles. The zero-order chi connectivity index (χ0) is 27.1. The summed E-state index contributed by atoms with van der Waals surface area (Å²) < 4.78 is 24.2. The maximum Gasteiger partial charge on any atom is 0.330 e. The van der Waals surface area contributed by atoms with E-state index in [1.54, 1.807) is 46.2 Å². The predicted octanol–water partition coefficient (Wildman–Crippen LogP) is 4.62. The van der Waals surface area contributed by atoms with Gasteiger partial charge in [0.05, 0.1) is 22.0 Å². The Balaban J connectivity index is 1.57. The Kier molecular flexibility index (Phi) is 5.42. The van der Waals surface area contributed by atoms with Crippen molar-refractivity contribution < 1.29 is 18.0 Å². The average Bonchev–Trinajstić information content (AvgIpc) is 3.27. The van der Waals surface area contributed by atoms with Gasteiger partial charge in [-0.05, 0) is 49.2 Å². The third-order valence-electron chi connectivity index (χ3n) is 8.05. The fourth-order valence-corrected chi connectivity index (χ4v) is 6.88. The molecule has 0 saturated carbocycles. The van der Waals surface area contributed by atoms with Gasteiger partial charge in [0, 0.05) is 22.9 Å². The van der Waals surface area contributed by atoms with Gasteiger partial charge in [-0.1, -0.05) is 54.4 Å². The molecule has 0 spiro atoms. The van der Waals surface area contributed by atoms with Crippen LogP contribution in [0.1, 0.15) is 44.0 Å². The van der Waals surface area contributed by atoms with E-state index < -0.39 is 27.3 Å². The molecular formula is C28H27ClN4O4S. The number of urea groups is 1. The molecule has 6 rings (SSSR count). The molecule has 2 aromatic rings. The van der Waals surface area contributed by atoms with Gasteiger partial charge in [0.1, 0.15) is 18.4 Å². The summed E-state index contributed by atoms with van der Waals surface area (Å²) in [5.74, 6) is 0.333. The van der Waals surface area contributed by atoms with Gasteiger partial charge in [0.25, 0.3) is 0 Å². The number of nitrogens with zero attached hydrogens (tertiary/aromatic N) is 3. The Hall–Kier alpha value is -3.43. The summed E-state index contributed by atoms with van der Waals surface area (Å²) in [5.41, 5.74) is 3.44. The van der Waals surface area contributed by atoms with E-state index in [0.29, 0.717) is 10.9 Å². The van der Waals surface area contributed by atoms with Crippen molar-refractivity contribution in [2.24, 2.45) is 16.3 Å². The van der Waals surface area contributed by atoms with Crippen molar-refractivity contribution in [2.75, 3.05) is 12.8 Å². The van der Waals surface area contributed by atoms with Gasteiger partial charge in [-0.15, -0.1) is 0 Å². The lowest BCUT2D eigenvalue weighted by molar-refractivity contribution is -0.122. The number of carbonyl (C=O) groups excluding carboxylic acids is 2. The lowest BCUT2D eigenvalue weighted by Crippen LogP contribution is -2.64. The Morgan fingerprint density at radius 1 is 1.05 bits per heavy atom. The minimum Gasteiger partial charge on any atom is -0.326 e. The Bertz CT molecular complexity index is 1590. The summed E-state index contributed by atoms with van der Waals surface area (Å²) in [4.78, 5) is 35.6. The van der Waals surface area contributed by atoms with Gasteiger partial charge in [-0.25, -0.2) is 13.2 Å². The highest BCUT2D eigenvalue weighted by Gasteiger charge is 2.59. The summed E-state index contributed by atoms with van der Waals surface area (Å²) in [7, 11) is -3.37. The quantitative estimate of drug-likeness (QED) is 0.564. The van der Waals surface area contributed by atoms with Crippen molar-refractivity contribution in [2.45, 2.75) is 37.8 Å². The summed E-state index contributed by atoms with van der Waals surface area (Å²) in [6.07, 6.45) is 3.32. The van der Waals surface area contributed by atoms with Crippen molar-refractivity contribution >= 4 is 39.2 Å². The molecule has 2 aromatic carbocycles. The molecule has 3 amide bonds. The Morgan fingerprint density at radius 3 is 2.32 bits per heavy atom. The maximum atomic E-state index is 14.2. The van der Waals surface area contributed by atoms with E-state index in [9.17, 15) is 18.0 Å². The molecular weight excluding hydrogens is 524 g/mol. The summed E-state index contributed by atoms with van der Waals surface area (Å²) in [6.45, 7) is 6.01. The number of amides is 3. The van der Waals surface area contributed by atoms with E-state index in [1.165, 1.54) is 6.26 Å². The zero-order valence-electron chi connectivity index (χ0n) is 21.4. The molecule has 4 unspecified atom stereocenters. The van der Waals surface area contributed by atoms with Crippen LogP contribution in [0.4, 0.5) is 4.79 Å². The van der Waals surface area contributed by atoms with Gasteiger partial charge >= 0.3 is 6.03 Å². The first-order valence-corrected chi connectivity index (χ1v) is 14.7. The van der Waals surface area contributed by atoms with Crippen molar-refractivity contribution in [1.82, 2.24) is 15.1 Å². The number of benzene rings is 2. The fraction of sp³-hybridized carbons (Fsp3) is 0.321. The number of nitrogens with one attached hydrogen (secondary N) is 1. The van der Waals surface area contributed by atoms with E-state index >= 15 is 0 Å². The second kappa shape index (κ2) is 8.28. The van der Waals surface area contributed by atoms with Crippen LogP contribution in [-0.2, 0) is 14.6 Å². The predicted molar refractivity (Wildman–Crippen MR) is 144 cm³/mol. The smallest absolute Gasteiger partial charge is 0.326 e. The van der Waals surface area contributed by atoms with Crippen LogP contribution < -0.4 is 5.32 Å². The van der Waals surface area contributed by atoms with E-state index in [0.717, 1.165) is 28.1 Å². The zero-order valence-corrected chi connectivity index (χ0v) is 23.0. The van der Waals surface area contributed by atoms with Crippen LogP contribution in [0.2, 0.25) is 5.02 Å². The first kappa shape index (κ1) is 24.9. The number of sulfone groups is 1. The van der Waals surface area contributed by atoms with Crippen LogP contribution in [0, 0.1) is 11.3 Å². The largest absolute Gasteiger partial charge is 0.330 e. The molecule has 1 fully saturated rings. The molecule has 3 heterocycles. The van der Waals surface area contributed by atoms with E-state index in [1.807, 2.05) is 32.9 Å². The standard InChI is InChI=1S/C28H27ClN4O4S/c1-15-13-28(3)25-22(16(15)2)30-21(34)14-32(25)27(35)33-24(18-5-9-19(29)10-6-18)23(31-26(28)33)17-7-11-20(12-8-17)38(4,36)37/h5-13,16,23-24H,14H2,1-4H3,(H,30,34). The van der Waals surface area contributed by atoms with Crippen LogP contribution in [0.15, 0.2) is 81.5 Å². The second-order valence-corrected chi connectivity index (χ2v) is 13.0. The molecule has 196 valence electrons. The van der Waals surface area contributed by atoms with Gasteiger partial charge in [-0.2, -0.15) is 0 Å². The fourth-order valence-electron chi connectivity index (χ4n) is 6.12. The SMILES string of the molecule is CC1=CC2(C)C3=NC(c4ccc(S(C)(=O)=O)cc4)C(c4ccc(Cl)cc4)N3C(=O)N3CC(=O)NC(=C32)C1C. The van der Waals surface area contributed by atoms with E-state index in [-0.39, 0.29) is 29.3 Å². The van der Waals surface area contributed by atoms with Crippen molar-refractivity contribution in [3.63, 3.8) is 0 Å². The van der Waals surface area contributed by atoms with Crippen LogP contribution >= 0.6 is 11.6 Å². The van der Waals surface area contributed by atoms with Crippen molar-refractivity contribution in [3.05, 3.63) is 87.7 Å². The molecule has 1 N–H and O–H groups in total. The van der Waals surface area contributed by atoms with Crippen molar-refractivity contribution in [1.29, 1.82) is 0 Å². The summed E-state index contributed by atoms with van der Waals surface area (Å²) >= 11 is 6.19. The van der Waals surface area contributed by atoms with Gasteiger partial charge in [0.2, 0.25) is 5.91 Å². The highest BCUT2D eigenvalue weighted by atomic mass is 35.5. The molecule has 0 aromatic heterocycles. The third-order valence-corrected chi connectivity index (χ3v) is 9.44. The van der Waals surface area contributed by atoms with Crippen LogP contribution in [0.3, 0.4) is 0 Å². The normalized spacial score (nSPS) is 28.5.